The molecule has 0 saturated heterocycles. The monoisotopic (exact) mass is 818 g/mol. The molecule has 0 fully saturated rings. The molecule has 0 radical (unpaired) electrons. The van der Waals surface area contributed by atoms with Gasteiger partial charge in [0.15, 0.2) is 35.2 Å². The Bertz CT molecular complexity index is 2660. The van der Waals surface area contributed by atoms with E-state index in [2.05, 4.69) is 0 Å². The normalized spacial score (nSPS) is 24.2. The molecule has 308 valence electrons. The molecule has 0 aromatic heterocycles. The van der Waals surface area contributed by atoms with E-state index >= 15 is 0 Å². The largest absolute Gasteiger partial charge is 0.508 e. The van der Waals surface area contributed by atoms with Gasteiger partial charge in [-0.3, -0.25) is 0 Å². The van der Waals surface area contributed by atoms with Gasteiger partial charge in [0, 0.05) is 58.2 Å². The van der Waals surface area contributed by atoms with Crippen molar-refractivity contribution >= 4 is 0 Å². The molecule has 0 bridgehead atoms. The third-order valence-corrected chi connectivity index (χ3v) is 11.5. The molecule has 6 aromatic rings. The second-order valence-electron chi connectivity index (χ2n) is 15.2. The minimum absolute atomic E-state index is 0.0503. The maximum atomic E-state index is 12.9. The van der Waals surface area contributed by atoms with Crippen LogP contribution in [0.15, 0.2) is 97.1 Å². The van der Waals surface area contributed by atoms with Crippen LogP contribution in [0.25, 0.3) is 0 Å². The predicted molar refractivity (Wildman–Crippen MR) is 209 cm³/mol. The average Bonchev–Trinajstić information content (AvgIpc) is 3.21. The summed E-state index contributed by atoms with van der Waals surface area (Å²) in [6.45, 7) is 0. The lowest BCUT2D eigenvalue weighted by molar-refractivity contribution is -0.00673. The van der Waals surface area contributed by atoms with Crippen molar-refractivity contribution in [1.82, 2.24) is 0 Å². The minimum Gasteiger partial charge on any atom is -0.508 e. The molecule has 12 N–H and O–H groups in total. The van der Waals surface area contributed by atoms with Crippen molar-refractivity contribution in [3.8, 4) is 69.0 Å². The number of fused-ring (bicyclic) bond motifs is 4. The van der Waals surface area contributed by atoms with E-state index in [1.54, 1.807) is 0 Å². The van der Waals surface area contributed by atoms with Crippen LogP contribution in [-0.4, -0.2) is 79.6 Å². The van der Waals surface area contributed by atoms with Gasteiger partial charge < -0.3 is 75.5 Å². The lowest BCUT2D eigenvalue weighted by Crippen LogP contribution is -2.39. The van der Waals surface area contributed by atoms with E-state index in [9.17, 15) is 61.3 Å². The Hall–Kier alpha value is -7.20. The summed E-state index contributed by atoms with van der Waals surface area (Å²) in [4.78, 5) is 0. The van der Waals surface area contributed by atoms with Crippen molar-refractivity contribution in [2.45, 2.75) is 54.9 Å². The molecule has 8 unspecified atom stereocenters. The number of ether oxygens (including phenoxy) is 3. The fraction of sp³-hybridized carbons (Fsp3) is 0.200. The SMILES string of the molecule is Oc1ccc(C2Oc3c4c(c(C5c6ccc(O)cc6OC(c6ccc(O)c(O)c6)C5O)c(O)c3C(c3ccc(O)cc3O)C2O)OC(c2ccc(O)c(O)c2)C(O)C4)cc1. The molecule has 15 nitrogen and oxygen atoms in total. The van der Waals surface area contributed by atoms with Crippen LogP contribution in [0.1, 0.15) is 74.7 Å². The molecule has 8 atom stereocenters. The Labute approximate surface area is 340 Å². The lowest BCUT2D eigenvalue weighted by atomic mass is 9.73. The molecule has 15 heteroatoms. The second-order valence-corrected chi connectivity index (χ2v) is 15.2. The molecule has 3 aliphatic heterocycles. The molecule has 9 rings (SSSR count). The van der Waals surface area contributed by atoms with Gasteiger partial charge in [0.05, 0.1) is 6.10 Å². The van der Waals surface area contributed by atoms with Gasteiger partial charge in [0.1, 0.15) is 64.3 Å². The quantitative estimate of drug-likeness (QED) is 0.0981. The smallest absolute Gasteiger partial charge is 0.157 e. The third-order valence-electron chi connectivity index (χ3n) is 11.5. The summed E-state index contributed by atoms with van der Waals surface area (Å²) in [6, 6.07) is 21.3. The summed E-state index contributed by atoms with van der Waals surface area (Å²) in [6.07, 6.45) is -8.63. The molecule has 6 aromatic carbocycles. The van der Waals surface area contributed by atoms with Crippen LogP contribution in [0, 0.1) is 0 Å². The maximum Gasteiger partial charge on any atom is 0.157 e. The van der Waals surface area contributed by atoms with Gasteiger partial charge in [-0.05, 0) is 65.2 Å². The van der Waals surface area contributed by atoms with Gasteiger partial charge in [-0.15, -0.1) is 0 Å². The molecule has 3 heterocycles. The number of hydrogen-bond donors (Lipinski definition) is 12. The zero-order valence-corrected chi connectivity index (χ0v) is 31.2. The first-order chi connectivity index (χ1) is 28.7. The van der Waals surface area contributed by atoms with Crippen LogP contribution in [0.3, 0.4) is 0 Å². The van der Waals surface area contributed by atoms with E-state index in [1.807, 2.05) is 0 Å². The van der Waals surface area contributed by atoms with E-state index in [0.29, 0.717) is 5.56 Å². The predicted octanol–water partition coefficient (Wildman–Crippen LogP) is 5.33. The topological polar surface area (TPSA) is 270 Å². The third kappa shape index (κ3) is 6.18. The van der Waals surface area contributed by atoms with Crippen molar-refractivity contribution in [2.24, 2.45) is 0 Å². The summed E-state index contributed by atoms with van der Waals surface area (Å²) in [5.41, 5.74) is 1.10. The molecule has 0 amide bonds. The lowest BCUT2D eigenvalue weighted by Gasteiger charge is -2.44. The Kier molecular flexibility index (Phi) is 9.11. The number of phenols is 9. The van der Waals surface area contributed by atoms with Crippen molar-refractivity contribution in [1.29, 1.82) is 0 Å². The summed E-state index contributed by atoms with van der Waals surface area (Å²) < 4.78 is 19.5. The van der Waals surface area contributed by atoms with Gasteiger partial charge in [-0.25, -0.2) is 0 Å². The van der Waals surface area contributed by atoms with E-state index < -0.39 is 83.0 Å². The van der Waals surface area contributed by atoms with Crippen molar-refractivity contribution < 1.29 is 75.5 Å². The summed E-state index contributed by atoms with van der Waals surface area (Å²) in [5.74, 6) is -6.20. The Morgan fingerprint density at radius 3 is 1.48 bits per heavy atom. The molecule has 0 spiro atoms. The van der Waals surface area contributed by atoms with Crippen molar-refractivity contribution in [3.63, 3.8) is 0 Å². The van der Waals surface area contributed by atoms with Gasteiger partial charge in [-0.1, -0.05) is 36.4 Å². The summed E-state index contributed by atoms with van der Waals surface area (Å²) >= 11 is 0. The van der Waals surface area contributed by atoms with Crippen LogP contribution < -0.4 is 14.2 Å². The Morgan fingerprint density at radius 2 is 0.900 bits per heavy atom. The van der Waals surface area contributed by atoms with Gasteiger partial charge >= 0.3 is 0 Å². The van der Waals surface area contributed by atoms with E-state index in [4.69, 9.17) is 14.2 Å². The first-order valence-electron chi connectivity index (χ1n) is 18.8. The first-order valence-corrected chi connectivity index (χ1v) is 18.8. The van der Waals surface area contributed by atoms with Crippen LogP contribution >= 0.6 is 0 Å². The highest BCUT2D eigenvalue weighted by Crippen LogP contribution is 2.62. The van der Waals surface area contributed by atoms with Crippen LogP contribution in [-0.2, 0) is 6.42 Å². The molecule has 0 aliphatic carbocycles. The molecule has 3 aliphatic rings. The zero-order valence-electron chi connectivity index (χ0n) is 31.2. The number of aliphatic hydroxyl groups is 3. The highest BCUT2D eigenvalue weighted by atomic mass is 16.5. The van der Waals surface area contributed by atoms with E-state index in [0.717, 1.165) is 6.07 Å². The standard InChI is InChI=1S/C45H38O15/c46-21-5-1-18(2-6-21)42-39(56)34(24-9-7-22(47)15-29(24)51)36-38(55)37(44-26(45(36)60-42)17-32(54)41(59-44)19-3-11-27(49)30(52)13-19)35-25-10-8-23(48)16-33(25)58-43(40(35)57)20-4-12-28(50)31(53)14-20/h1-16,32,34-35,39-43,46-57H,17H2. The summed E-state index contributed by atoms with van der Waals surface area (Å²) in [5, 5.41) is 133. The van der Waals surface area contributed by atoms with Crippen LogP contribution in [0.2, 0.25) is 0 Å². The Morgan fingerprint density at radius 1 is 0.417 bits per heavy atom. The Balaban J connectivity index is 1.34. The van der Waals surface area contributed by atoms with Crippen LogP contribution in [0.5, 0.6) is 69.0 Å². The fourth-order valence-electron chi connectivity index (χ4n) is 8.71. The van der Waals surface area contributed by atoms with Gasteiger partial charge in [0.2, 0.25) is 0 Å². The number of aliphatic hydroxyl groups excluding tert-OH is 3. The van der Waals surface area contributed by atoms with Crippen molar-refractivity contribution in [3.05, 3.63) is 142 Å². The van der Waals surface area contributed by atoms with Crippen LogP contribution in [0.4, 0.5) is 0 Å². The highest BCUT2D eigenvalue weighted by Gasteiger charge is 2.50. The zero-order chi connectivity index (χ0) is 42.3. The number of rotatable bonds is 5. The molecule has 60 heavy (non-hydrogen) atoms. The fourth-order valence-corrected chi connectivity index (χ4v) is 8.71. The number of phenolic OH excluding ortho intramolecular Hbond substituents is 9. The van der Waals surface area contributed by atoms with Gasteiger partial charge in [0.25, 0.3) is 0 Å². The number of aromatic hydroxyl groups is 9. The average molecular weight is 819 g/mol. The second kappa shape index (κ2) is 14.3. The first kappa shape index (κ1) is 38.3. The van der Waals surface area contributed by atoms with Crippen molar-refractivity contribution in [2.75, 3.05) is 0 Å². The van der Waals surface area contributed by atoms with E-state index in [1.165, 1.54) is 91.0 Å². The summed E-state index contributed by atoms with van der Waals surface area (Å²) in [7, 11) is 0. The van der Waals surface area contributed by atoms with E-state index in [-0.39, 0.29) is 79.9 Å². The van der Waals surface area contributed by atoms with Gasteiger partial charge in [-0.2, -0.15) is 0 Å². The molecular formula is C45H38O15. The number of benzene rings is 6. The molecule has 0 saturated carbocycles. The highest BCUT2D eigenvalue weighted by molar-refractivity contribution is 5.71. The minimum atomic E-state index is -1.63. The number of hydrogen-bond acceptors (Lipinski definition) is 15. The molecular weight excluding hydrogens is 780 g/mol. The maximum absolute atomic E-state index is 12.9.